The van der Waals surface area contributed by atoms with Gasteiger partial charge in [0, 0.05) is 24.3 Å². The van der Waals surface area contributed by atoms with Crippen LogP contribution in [0.5, 0.6) is 0 Å². The van der Waals surface area contributed by atoms with Crippen LogP contribution in [0.15, 0.2) is 26.9 Å². The summed E-state index contributed by atoms with van der Waals surface area (Å²) in [5.41, 5.74) is 0.701. The molecule has 1 aliphatic heterocycles. The molecule has 164 valence electrons. The Labute approximate surface area is 183 Å². The zero-order chi connectivity index (χ0) is 22.1. The standard InChI is InChI=1S/C14H17ClN6O7S2/c15-9-4-10-12(5-11(9)29-16)30-19-13(18-10)2-1-3-14(22)17-6-8(28-21(25)26)7-27-20(23)24/h4-5,8H,1-3,6-7,16H2,(H,17,22)(H,18,19). The summed E-state index contributed by atoms with van der Waals surface area (Å²) in [6, 6.07) is 3.55. The molecule has 0 aromatic heterocycles. The molecular weight excluding hydrogens is 464 g/mol. The maximum Gasteiger partial charge on any atom is 0.294 e. The summed E-state index contributed by atoms with van der Waals surface area (Å²) in [5.74, 6) is 0.267. The molecule has 16 heteroatoms. The van der Waals surface area contributed by atoms with E-state index in [0.29, 0.717) is 29.4 Å². The molecule has 0 fully saturated rings. The van der Waals surface area contributed by atoms with Crippen LogP contribution in [0, 0.1) is 20.2 Å². The first-order chi connectivity index (χ1) is 14.3. The molecule has 0 radical (unpaired) electrons. The summed E-state index contributed by atoms with van der Waals surface area (Å²) in [5, 5.41) is 26.8. The number of halogens is 1. The highest BCUT2D eigenvalue weighted by Crippen LogP contribution is 2.38. The third kappa shape index (κ3) is 7.74. The Morgan fingerprint density at radius 1 is 1.40 bits per heavy atom. The first kappa shape index (κ1) is 23.8. The largest absolute Gasteiger partial charge is 0.354 e. The van der Waals surface area contributed by atoms with Crippen molar-refractivity contribution in [1.29, 1.82) is 0 Å². The minimum absolute atomic E-state index is 0.114. The summed E-state index contributed by atoms with van der Waals surface area (Å²) in [4.78, 5) is 46.9. The molecule has 1 aromatic rings. The number of carbonyl (C=O) groups is 1. The monoisotopic (exact) mass is 480 g/mol. The van der Waals surface area contributed by atoms with Gasteiger partial charge in [-0.2, -0.15) is 0 Å². The Morgan fingerprint density at radius 2 is 2.17 bits per heavy atom. The summed E-state index contributed by atoms with van der Waals surface area (Å²) in [6.07, 6.45) is -0.259. The van der Waals surface area contributed by atoms with Crippen molar-refractivity contribution in [2.24, 2.45) is 10.1 Å². The molecule has 1 amide bonds. The lowest BCUT2D eigenvalue weighted by molar-refractivity contribution is -0.789. The highest BCUT2D eigenvalue weighted by atomic mass is 35.5. The predicted molar refractivity (Wildman–Crippen MR) is 109 cm³/mol. The van der Waals surface area contributed by atoms with Gasteiger partial charge in [0.05, 0.1) is 15.6 Å². The second-order valence-electron chi connectivity index (χ2n) is 5.76. The molecule has 30 heavy (non-hydrogen) atoms. The first-order valence-corrected chi connectivity index (χ1v) is 10.4. The quantitative estimate of drug-likeness (QED) is 0.226. The Hall–Kier alpha value is -2.49. The van der Waals surface area contributed by atoms with E-state index < -0.39 is 28.8 Å². The van der Waals surface area contributed by atoms with Gasteiger partial charge in [-0.25, -0.2) is 4.99 Å². The lowest BCUT2D eigenvalue weighted by atomic mass is 10.2. The molecule has 0 bridgehead atoms. The van der Waals surface area contributed by atoms with E-state index in [4.69, 9.17) is 16.7 Å². The smallest absolute Gasteiger partial charge is 0.294 e. The van der Waals surface area contributed by atoms with E-state index in [9.17, 15) is 25.0 Å². The Kier molecular flexibility index (Phi) is 9.22. The molecule has 0 spiro atoms. The number of nitrogens with zero attached hydrogens (tertiary/aromatic N) is 3. The fraction of sp³-hybridized carbons (Fsp3) is 0.429. The second-order valence-corrected chi connectivity index (χ2v) is 7.69. The number of fused-ring (bicyclic) bond motifs is 1. The minimum atomic E-state index is -1.30. The molecule has 1 heterocycles. The average molecular weight is 481 g/mol. The van der Waals surface area contributed by atoms with Crippen LogP contribution < -0.4 is 15.2 Å². The molecule has 0 saturated heterocycles. The second kappa shape index (κ2) is 11.6. The molecule has 1 aromatic carbocycles. The fourth-order valence-corrected chi connectivity index (χ4v) is 3.78. The molecular formula is C14H17ClN6O7S2. The van der Waals surface area contributed by atoms with Gasteiger partial charge in [0.1, 0.15) is 18.5 Å². The van der Waals surface area contributed by atoms with Gasteiger partial charge in [-0.05, 0) is 42.4 Å². The summed E-state index contributed by atoms with van der Waals surface area (Å²) >= 11 is 8.55. The topological polar surface area (TPSA) is 184 Å². The molecule has 2 rings (SSSR count). The van der Waals surface area contributed by atoms with E-state index in [1.54, 1.807) is 6.07 Å². The Balaban J connectivity index is 1.79. The highest BCUT2D eigenvalue weighted by Gasteiger charge is 2.18. The predicted octanol–water partition coefficient (Wildman–Crippen LogP) is 2.02. The molecule has 4 N–H and O–H groups in total. The molecule has 13 nitrogen and oxygen atoms in total. The Morgan fingerprint density at radius 3 is 2.83 bits per heavy atom. The number of nitrogens with two attached hydrogens (primary N) is 1. The van der Waals surface area contributed by atoms with Gasteiger partial charge in [0.2, 0.25) is 5.91 Å². The SMILES string of the molecule is NSc1cc2c(cc1Cl)N=C(CCCC(=O)NCC(CO[N+](=O)[O-])O[N+](=O)[O-])NS2. The van der Waals surface area contributed by atoms with E-state index in [-0.39, 0.29) is 13.0 Å². The van der Waals surface area contributed by atoms with Crippen LogP contribution in [0.2, 0.25) is 5.02 Å². The van der Waals surface area contributed by atoms with Crippen molar-refractivity contribution in [3.8, 4) is 0 Å². The number of amides is 1. The van der Waals surface area contributed by atoms with Crippen LogP contribution in [-0.2, 0) is 14.5 Å². The maximum absolute atomic E-state index is 11.9. The van der Waals surface area contributed by atoms with E-state index in [0.717, 1.165) is 21.7 Å². The lowest BCUT2D eigenvalue weighted by Crippen LogP contribution is -2.38. The van der Waals surface area contributed by atoms with Crippen molar-refractivity contribution in [2.75, 3.05) is 13.2 Å². The minimum Gasteiger partial charge on any atom is -0.354 e. The van der Waals surface area contributed by atoms with Crippen LogP contribution in [0.25, 0.3) is 0 Å². The zero-order valence-corrected chi connectivity index (χ0v) is 17.6. The van der Waals surface area contributed by atoms with Gasteiger partial charge < -0.3 is 19.7 Å². The number of rotatable bonds is 12. The van der Waals surface area contributed by atoms with E-state index >= 15 is 0 Å². The van der Waals surface area contributed by atoms with E-state index in [2.05, 4.69) is 24.7 Å². The number of carbonyl (C=O) groups excluding carboxylic acids is 1. The number of nitrogens with one attached hydrogen (secondary N) is 2. The third-order valence-electron chi connectivity index (χ3n) is 3.62. The normalized spacial score (nSPS) is 13.3. The number of aliphatic imine (C=N–C) groups is 1. The van der Waals surface area contributed by atoms with Gasteiger partial charge >= 0.3 is 0 Å². The zero-order valence-electron chi connectivity index (χ0n) is 15.2. The van der Waals surface area contributed by atoms with Gasteiger partial charge in [-0.3, -0.25) is 9.93 Å². The summed E-state index contributed by atoms with van der Waals surface area (Å²) in [6.45, 7) is -0.991. The van der Waals surface area contributed by atoms with Crippen molar-refractivity contribution in [3.05, 3.63) is 37.4 Å². The van der Waals surface area contributed by atoms with Crippen molar-refractivity contribution in [2.45, 2.75) is 35.2 Å². The van der Waals surface area contributed by atoms with Crippen LogP contribution in [0.3, 0.4) is 0 Å². The van der Waals surface area contributed by atoms with Crippen molar-refractivity contribution in [3.63, 3.8) is 0 Å². The van der Waals surface area contributed by atoms with Gasteiger partial charge in [0.15, 0.2) is 0 Å². The van der Waals surface area contributed by atoms with Crippen LogP contribution in [0.4, 0.5) is 5.69 Å². The molecule has 0 aliphatic carbocycles. The van der Waals surface area contributed by atoms with E-state index in [1.807, 2.05) is 6.07 Å². The van der Waals surface area contributed by atoms with Crippen LogP contribution >= 0.6 is 35.5 Å². The molecule has 1 atom stereocenters. The lowest BCUT2D eigenvalue weighted by Gasteiger charge is -2.18. The van der Waals surface area contributed by atoms with Crippen molar-refractivity contribution >= 4 is 52.9 Å². The van der Waals surface area contributed by atoms with Crippen LogP contribution in [0.1, 0.15) is 19.3 Å². The number of hydrogen-bond donors (Lipinski definition) is 3. The summed E-state index contributed by atoms with van der Waals surface area (Å²) < 4.78 is 3.09. The molecule has 1 unspecified atom stereocenters. The summed E-state index contributed by atoms with van der Waals surface area (Å²) in [7, 11) is 0. The first-order valence-electron chi connectivity index (χ1n) is 8.34. The maximum atomic E-state index is 11.9. The molecule has 0 saturated carbocycles. The molecule has 1 aliphatic rings. The van der Waals surface area contributed by atoms with Crippen LogP contribution in [-0.4, -0.2) is 41.2 Å². The number of amidine groups is 1. The van der Waals surface area contributed by atoms with Gasteiger partial charge in [0.25, 0.3) is 10.2 Å². The van der Waals surface area contributed by atoms with Gasteiger partial charge in [-0.15, -0.1) is 20.2 Å². The fourth-order valence-electron chi connectivity index (χ4n) is 2.30. The number of hydrogen-bond acceptors (Lipinski definition) is 12. The van der Waals surface area contributed by atoms with Crippen molar-refractivity contribution < 1.29 is 24.6 Å². The van der Waals surface area contributed by atoms with E-state index in [1.165, 1.54) is 11.9 Å². The third-order valence-corrected chi connectivity index (χ3v) is 5.52. The Bertz CT molecular complexity index is 843. The number of benzene rings is 1. The average Bonchev–Trinajstić information content (AvgIpc) is 2.69. The van der Waals surface area contributed by atoms with Crippen molar-refractivity contribution in [1.82, 2.24) is 10.0 Å². The highest BCUT2D eigenvalue weighted by molar-refractivity contribution is 7.98. The van der Waals surface area contributed by atoms with Gasteiger partial charge in [-0.1, -0.05) is 11.6 Å².